The molecule has 0 bridgehead atoms. The Hall–Kier alpha value is -3.15. The number of likely N-dealkylation sites (tertiary alicyclic amines) is 1. The predicted molar refractivity (Wildman–Crippen MR) is 103 cm³/mol. The number of piperidine rings is 1. The van der Waals surface area contributed by atoms with Gasteiger partial charge in [-0.15, -0.1) is 0 Å². The zero-order valence-electron chi connectivity index (χ0n) is 15.0. The molecule has 0 radical (unpaired) electrons. The van der Waals surface area contributed by atoms with Crippen molar-refractivity contribution in [2.24, 2.45) is 0 Å². The lowest BCUT2D eigenvalue weighted by molar-refractivity contribution is -0.134. The molecule has 0 saturated carbocycles. The summed E-state index contributed by atoms with van der Waals surface area (Å²) in [6, 6.07) is 14.6. The van der Waals surface area contributed by atoms with Gasteiger partial charge in [0.05, 0.1) is 11.2 Å². The summed E-state index contributed by atoms with van der Waals surface area (Å²) in [6.45, 7) is 1.49. The number of benzene rings is 2. The Morgan fingerprint density at radius 1 is 1.00 bits per heavy atom. The minimum atomic E-state index is -0.216. The van der Waals surface area contributed by atoms with E-state index in [2.05, 4.69) is 4.98 Å². The second-order valence-electron chi connectivity index (χ2n) is 6.64. The van der Waals surface area contributed by atoms with E-state index in [1.54, 1.807) is 18.2 Å². The molecular formula is C21H21N3O3. The summed E-state index contributed by atoms with van der Waals surface area (Å²) < 4.78 is 7.25. The molecular weight excluding hydrogens is 342 g/mol. The van der Waals surface area contributed by atoms with E-state index in [1.807, 2.05) is 35.2 Å². The summed E-state index contributed by atoms with van der Waals surface area (Å²) in [7, 11) is 0. The van der Waals surface area contributed by atoms with Crippen molar-refractivity contribution >= 4 is 16.8 Å². The Balaban J connectivity index is 1.64. The molecule has 138 valence electrons. The number of nitrogens with zero attached hydrogens (tertiary/aromatic N) is 3. The van der Waals surface area contributed by atoms with Gasteiger partial charge in [0, 0.05) is 13.1 Å². The molecule has 6 heteroatoms. The highest BCUT2D eigenvalue weighted by atomic mass is 16.5. The number of hydrogen-bond donors (Lipinski definition) is 0. The molecule has 2 aromatic carbocycles. The highest BCUT2D eigenvalue weighted by Gasteiger charge is 2.18. The molecule has 4 rings (SSSR count). The average molecular weight is 363 g/mol. The standard InChI is InChI=1S/C21H21N3O3/c25-19(23-12-5-2-6-13-23)14-27-18-11-7-10-17-20(18)21(26)24(15-22-17)16-8-3-1-4-9-16/h1,3-4,7-11,15H,2,5-6,12-14H2. The molecule has 27 heavy (non-hydrogen) atoms. The number of amides is 1. The maximum absolute atomic E-state index is 13.0. The largest absolute Gasteiger partial charge is 0.483 e. The minimum Gasteiger partial charge on any atom is -0.483 e. The molecule has 1 aliphatic rings. The summed E-state index contributed by atoms with van der Waals surface area (Å²) >= 11 is 0. The lowest BCUT2D eigenvalue weighted by Gasteiger charge is -2.26. The third-order valence-electron chi connectivity index (χ3n) is 4.84. The van der Waals surface area contributed by atoms with Crippen molar-refractivity contribution in [2.75, 3.05) is 19.7 Å². The van der Waals surface area contributed by atoms with Crippen LogP contribution >= 0.6 is 0 Å². The first kappa shape index (κ1) is 17.3. The van der Waals surface area contributed by atoms with E-state index in [-0.39, 0.29) is 18.1 Å². The van der Waals surface area contributed by atoms with Gasteiger partial charge in [0.2, 0.25) is 0 Å². The number of para-hydroxylation sites is 1. The summed E-state index contributed by atoms with van der Waals surface area (Å²) in [6.07, 6.45) is 4.75. The zero-order valence-corrected chi connectivity index (χ0v) is 15.0. The third-order valence-corrected chi connectivity index (χ3v) is 4.84. The van der Waals surface area contributed by atoms with Crippen LogP contribution in [0.5, 0.6) is 5.75 Å². The number of carbonyl (C=O) groups is 1. The van der Waals surface area contributed by atoms with Crippen molar-refractivity contribution in [3.05, 3.63) is 65.2 Å². The van der Waals surface area contributed by atoms with Gasteiger partial charge in [-0.1, -0.05) is 24.3 Å². The summed E-state index contributed by atoms with van der Waals surface area (Å²) in [5.74, 6) is 0.347. The van der Waals surface area contributed by atoms with Gasteiger partial charge in [-0.25, -0.2) is 4.98 Å². The van der Waals surface area contributed by atoms with Gasteiger partial charge in [0.1, 0.15) is 17.5 Å². The van der Waals surface area contributed by atoms with Crippen LogP contribution in [0, 0.1) is 0 Å². The normalized spacial score (nSPS) is 14.3. The fourth-order valence-electron chi connectivity index (χ4n) is 3.40. The lowest BCUT2D eigenvalue weighted by atomic mass is 10.1. The van der Waals surface area contributed by atoms with Crippen LogP contribution in [-0.4, -0.2) is 40.1 Å². The van der Waals surface area contributed by atoms with Crippen molar-refractivity contribution in [3.8, 4) is 11.4 Å². The Morgan fingerprint density at radius 3 is 2.56 bits per heavy atom. The van der Waals surface area contributed by atoms with Gasteiger partial charge in [0.25, 0.3) is 11.5 Å². The fourth-order valence-corrected chi connectivity index (χ4v) is 3.40. The lowest BCUT2D eigenvalue weighted by Crippen LogP contribution is -2.38. The van der Waals surface area contributed by atoms with E-state index in [0.717, 1.165) is 31.6 Å². The summed E-state index contributed by atoms with van der Waals surface area (Å²) in [5, 5.41) is 0.385. The maximum atomic E-state index is 13.0. The third kappa shape index (κ3) is 3.56. The van der Waals surface area contributed by atoms with Crippen molar-refractivity contribution in [3.63, 3.8) is 0 Å². The molecule has 0 spiro atoms. The van der Waals surface area contributed by atoms with Crippen molar-refractivity contribution in [1.82, 2.24) is 14.5 Å². The molecule has 2 heterocycles. The molecule has 1 amide bonds. The first-order chi connectivity index (χ1) is 13.2. The maximum Gasteiger partial charge on any atom is 0.269 e. The molecule has 0 atom stereocenters. The van der Waals surface area contributed by atoms with Crippen LogP contribution in [0.1, 0.15) is 19.3 Å². The van der Waals surface area contributed by atoms with Crippen molar-refractivity contribution in [2.45, 2.75) is 19.3 Å². The molecule has 0 unspecified atom stereocenters. The topological polar surface area (TPSA) is 64.4 Å². The highest BCUT2D eigenvalue weighted by Crippen LogP contribution is 2.21. The highest BCUT2D eigenvalue weighted by molar-refractivity contribution is 5.85. The number of rotatable bonds is 4. The van der Waals surface area contributed by atoms with Crippen molar-refractivity contribution in [1.29, 1.82) is 0 Å². The van der Waals surface area contributed by atoms with E-state index in [4.69, 9.17) is 4.74 Å². The van der Waals surface area contributed by atoms with Crippen LogP contribution < -0.4 is 10.3 Å². The second-order valence-corrected chi connectivity index (χ2v) is 6.64. The SMILES string of the molecule is O=C(COc1cccc2ncn(-c3ccccc3)c(=O)c12)N1CCCCC1. The van der Waals surface area contributed by atoms with Crippen LogP contribution in [0.3, 0.4) is 0 Å². The molecule has 1 saturated heterocycles. The van der Waals surface area contributed by atoms with E-state index < -0.39 is 0 Å². The molecule has 0 aliphatic carbocycles. The van der Waals surface area contributed by atoms with E-state index in [1.165, 1.54) is 17.3 Å². The van der Waals surface area contributed by atoms with Crippen LogP contribution in [0.4, 0.5) is 0 Å². The van der Waals surface area contributed by atoms with Gasteiger partial charge in [0.15, 0.2) is 6.61 Å². The molecule has 1 fully saturated rings. The van der Waals surface area contributed by atoms with Crippen molar-refractivity contribution < 1.29 is 9.53 Å². The van der Waals surface area contributed by atoms with E-state index in [9.17, 15) is 9.59 Å². The Morgan fingerprint density at radius 2 is 1.78 bits per heavy atom. The number of carbonyl (C=O) groups excluding carboxylic acids is 1. The van der Waals surface area contributed by atoms with Gasteiger partial charge < -0.3 is 9.64 Å². The quantitative estimate of drug-likeness (QED) is 0.715. The Labute approximate surface area is 157 Å². The number of aromatic nitrogens is 2. The predicted octanol–water partition coefficient (Wildman–Crippen LogP) is 2.78. The Bertz CT molecular complexity index is 1010. The minimum absolute atomic E-state index is 0.0426. The monoisotopic (exact) mass is 363 g/mol. The van der Waals surface area contributed by atoms with Crippen LogP contribution in [0.15, 0.2) is 59.7 Å². The Kier molecular flexibility index (Phi) is 4.87. The second kappa shape index (κ2) is 7.61. The van der Waals surface area contributed by atoms with Crippen LogP contribution in [0.25, 0.3) is 16.6 Å². The molecule has 1 aromatic heterocycles. The van der Waals surface area contributed by atoms with Crippen LogP contribution in [0.2, 0.25) is 0 Å². The smallest absolute Gasteiger partial charge is 0.269 e. The zero-order chi connectivity index (χ0) is 18.6. The van der Waals surface area contributed by atoms with Crippen LogP contribution in [-0.2, 0) is 4.79 Å². The number of hydrogen-bond acceptors (Lipinski definition) is 4. The molecule has 0 N–H and O–H groups in total. The average Bonchev–Trinajstić information content (AvgIpc) is 2.73. The van der Waals surface area contributed by atoms with Gasteiger partial charge in [-0.05, 0) is 43.5 Å². The van der Waals surface area contributed by atoms with Gasteiger partial charge >= 0.3 is 0 Å². The van der Waals surface area contributed by atoms with E-state index >= 15 is 0 Å². The molecule has 1 aliphatic heterocycles. The first-order valence-corrected chi connectivity index (χ1v) is 9.20. The first-order valence-electron chi connectivity index (χ1n) is 9.20. The summed E-state index contributed by atoms with van der Waals surface area (Å²) in [4.78, 5) is 31.6. The summed E-state index contributed by atoms with van der Waals surface area (Å²) in [5.41, 5.74) is 1.07. The van der Waals surface area contributed by atoms with Gasteiger partial charge in [-0.2, -0.15) is 0 Å². The molecule has 3 aromatic rings. The van der Waals surface area contributed by atoms with E-state index in [0.29, 0.717) is 16.7 Å². The number of fused-ring (bicyclic) bond motifs is 1. The molecule has 6 nitrogen and oxygen atoms in total. The fraction of sp³-hybridized carbons (Fsp3) is 0.286. The van der Waals surface area contributed by atoms with Gasteiger partial charge in [-0.3, -0.25) is 14.2 Å². The number of ether oxygens (including phenoxy) is 1.